The van der Waals surface area contributed by atoms with Gasteiger partial charge in [-0.2, -0.15) is 0 Å². The average Bonchev–Trinajstić information content (AvgIpc) is 2.56. The first kappa shape index (κ1) is 19.5. The van der Waals surface area contributed by atoms with E-state index in [9.17, 15) is 19.7 Å². The Bertz CT molecular complexity index is 713. The van der Waals surface area contributed by atoms with E-state index in [1.54, 1.807) is 6.92 Å². The summed E-state index contributed by atoms with van der Waals surface area (Å²) in [5.41, 5.74) is -0.181. The smallest absolute Gasteiger partial charge is 0.408 e. The number of amides is 2. The quantitative estimate of drug-likeness (QED) is 0.648. The van der Waals surface area contributed by atoms with Gasteiger partial charge in [0.15, 0.2) is 6.10 Å². The zero-order chi connectivity index (χ0) is 19.5. The third kappa shape index (κ3) is 4.62. The van der Waals surface area contributed by atoms with Crippen LogP contribution in [0.15, 0.2) is 18.2 Å². The normalized spacial score (nSPS) is 14.7. The first-order valence-corrected chi connectivity index (χ1v) is 8.34. The molecule has 1 heterocycles. The summed E-state index contributed by atoms with van der Waals surface area (Å²) in [5, 5.41) is 13.5. The van der Waals surface area contributed by atoms with E-state index in [2.05, 4.69) is 5.32 Å². The minimum Gasteiger partial charge on any atom is -0.489 e. The van der Waals surface area contributed by atoms with Gasteiger partial charge in [0.1, 0.15) is 12.4 Å². The Morgan fingerprint density at radius 1 is 1.42 bits per heavy atom. The number of nitro benzene ring substituents is 1. The van der Waals surface area contributed by atoms with Gasteiger partial charge in [-0.3, -0.25) is 14.9 Å². The van der Waals surface area contributed by atoms with Crippen molar-refractivity contribution in [2.45, 2.75) is 45.8 Å². The van der Waals surface area contributed by atoms with Crippen LogP contribution in [0.2, 0.25) is 0 Å². The first-order chi connectivity index (χ1) is 12.1. The van der Waals surface area contributed by atoms with Gasteiger partial charge in [0.05, 0.1) is 23.2 Å². The molecule has 0 fully saturated rings. The van der Waals surface area contributed by atoms with Crippen molar-refractivity contribution in [1.29, 1.82) is 0 Å². The van der Waals surface area contributed by atoms with Gasteiger partial charge >= 0.3 is 6.09 Å². The van der Waals surface area contributed by atoms with Gasteiger partial charge in [-0.05, 0) is 33.3 Å². The Balaban J connectivity index is 2.18. The van der Waals surface area contributed by atoms with Crippen LogP contribution in [0.1, 0.15) is 34.1 Å². The number of ether oxygens (including phenoxy) is 2. The fraction of sp³-hybridized carbons (Fsp3) is 0.529. The molecule has 9 heteroatoms. The molecule has 1 N–H and O–H groups in total. The molecular weight excluding hydrogens is 342 g/mol. The van der Waals surface area contributed by atoms with Crippen LogP contribution in [-0.2, 0) is 9.53 Å². The molecule has 2 amide bonds. The molecule has 0 saturated carbocycles. The molecule has 0 saturated heterocycles. The zero-order valence-electron chi connectivity index (χ0n) is 15.3. The van der Waals surface area contributed by atoms with E-state index in [0.29, 0.717) is 12.1 Å². The molecule has 1 aliphatic heterocycles. The number of non-ortho nitro benzene ring substituents is 1. The number of rotatable bonds is 4. The maximum absolute atomic E-state index is 12.8. The van der Waals surface area contributed by atoms with Crippen molar-refractivity contribution < 1.29 is 24.0 Å². The number of anilines is 1. The molecule has 0 bridgehead atoms. The topological polar surface area (TPSA) is 111 Å². The fourth-order valence-electron chi connectivity index (χ4n) is 2.50. The van der Waals surface area contributed by atoms with Gasteiger partial charge in [0.25, 0.3) is 11.6 Å². The van der Waals surface area contributed by atoms with Crippen molar-refractivity contribution in [2.75, 3.05) is 18.1 Å². The second-order valence-electron chi connectivity index (χ2n) is 6.92. The monoisotopic (exact) mass is 365 g/mol. The molecule has 1 aromatic rings. The number of alkyl carbamates (subject to hydrolysis) is 1. The number of nitrogens with zero attached hydrogens (tertiary/aromatic N) is 2. The van der Waals surface area contributed by atoms with Crippen LogP contribution in [0, 0.1) is 10.1 Å². The van der Waals surface area contributed by atoms with E-state index in [1.165, 1.54) is 23.1 Å². The van der Waals surface area contributed by atoms with Gasteiger partial charge in [0, 0.05) is 11.6 Å². The summed E-state index contributed by atoms with van der Waals surface area (Å²) >= 11 is 0. The maximum Gasteiger partial charge on any atom is 0.408 e. The van der Waals surface area contributed by atoms with Crippen molar-refractivity contribution in [1.82, 2.24) is 5.32 Å². The lowest BCUT2D eigenvalue weighted by atomic mass is 10.1. The average molecular weight is 365 g/mol. The molecule has 9 nitrogen and oxygen atoms in total. The number of nitrogens with one attached hydrogen (secondary N) is 1. The highest BCUT2D eigenvalue weighted by Gasteiger charge is 2.32. The van der Waals surface area contributed by atoms with E-state index in [1.807, 2.05) is 20.8 Å². The summed E-state index contributed by atoms with van der Waals surface area (Å²) in [6.07, 6.45) is -1.33. The van der Waals surface area contributed by atoms with E-state index in [4.69, 9.17) is 9.47 Å². The number of hydrogen-bond acceptors (Lipinski definition) is 6. The van der Waals surface area contributed by atoms with E-state index in [-0.39, 0.29) is 24.6 Å². The minimum absolute atomic E-state index is 0.120. The molecule has 0 spiro atoms. The number of nitro groups is 1. The predicted molar refractivity (Wildman–Crippen MR) is 94.4 cm³/mol. The SMILES string of the molecule is CCC(OC(=O)NC(C)(C)C)C(=O)N1CCOc2cc([N+](=O)[O-])ccc21. The molecule has 1 aromatic carbocycles. The van der Waals surface area contributed by atoms with Crippen LogP contribution >= 0.6 is 0 Å². The van der Waals surface area contributed by atoms with Gasteiger partial charge in [-0.1, -0.05) is 6.92 Å². The van der Waals surface area contributed by atoms with Crippen molar-refractivity contribution >= 4 is 23.4 Å². The van der Waals surface area contributed by atoms with Gasteiger partial charge in [-0.25, -0.2) is 4.79 Å². The van der Waals surface area contributed by atoms with Crippen molar-refractivity contribution in [3.63, 3.8) is 0 Å². The molecular formula is C17H23N3O6. The molecule has 26 heavy (non-hydrogen) atoms. The Hall–Kier alpha value is -2.84. The lowest BCUT2D eigenvalue weighted by Crippen LogP contribution is -2.48. The van der Waals surface area contributed by atoms with Crippen LogP contribution in [0.3, 0.4) is 0 Å². The molecule has 0 aliphatic carbocycles. The molecule has 0 aromatic heterocycles. The first-order valence-electron chi connectivity index (χ1n) is 8.34. The highest BCUT2D eigenvalue weighted by atomic mass is 16.6. The van der Waals surface area contributed by atoms with E-state index < -0.39 is 28.6 Å². The van der Waals surface area contributed by atoms with Crippen LogP contribution in [0.5, 0.6) is 5.75 Å². The van der Waals surface area contributed by atoms with Crippen LogP contribution < -0.4 is 15.0 Å². The second kappa shape index (κ2) is 7.59. The second-order valence-corrected chi connectivity index (χ2v) is 6.92. The highest BCUT2D eigenvalue weighted by Crippen LogP contribution is 2.35. The van der Waals surface area contributed by atoms with Gasteiger partial charge in [-0.15, -0.1) is 0 Å². The largest absolute Gasteiger partial charge is 0.489 e. The summed E-state index contributed by atoms with van der Waals surface area (Å²) in [6.45, 7) is 7.63. The van der Waals surface area contributed by atoms with E-state index in [0.717, 1.165) is 0 Å². The molecule has 142 valence electrons. The summed E-state index contributed by atoms with van der Waals surface area (Å²) < 4.78 is 10.7. The van der Waals surface area contributed by atoms with Crippen molar-refractivity contribution in [3.8, 4) is 5.75 Å². The highest BCUT2D eigenvalue weighted by molar-refractivity contribution is 5.99. The number of carbonyl (C=O) groups excluding carboxylic acids is 2. The number of fused-ring (bicyclic) bond motifs is 1. The fourth-order valence-corrected chi connectivity index (χ4v) is 2.50. The third-order valence-corrected chi connectivity index (χ3v) is 3.66. The Morgan fingerprint density at radius 2 is 2.12 bits per heavy atom. The third-order valence-electron chi connectivity index (χ3n) is 3.66. The Kier molecular flexibility index (Phi) is 5.69. The maximum atomic E-state index is 12.8. The van der Waals surface area contributed by atoms with Crippen LogP contribution in [0.4, 0.5) is 16.2 Å². The molecule has 1 unspecified atom stereocenters. The molecule has 1 aliphatic rings. The van der Waals surface area contributed by atoms with Crippen LogP contribution in [0.25, 0.3) is 0 Å². The summed E-state index contributed by atoms with van der Waals surface area (Å²) in [5.74, 6) is -0.136. The van der Waals surface area contributed by atoms with E-state index >= 15 is 0 Å². The molecule has 2 rings (SSSR count). The summed E-state index contributed by atoms with van der Waals surface area (Å²) in [4.78, 5) is 36.6. The number of benzene rings is 1. The standard InChI is InChI=1S/C17H23N3O6/c1-5-13(26-16(22)18-17(2,3)4)15(21)19-8-9-25-14-10-11(20(23)24)6-7-12(14)19/h6-7,10,13H,5,8-9H2,1-4H3,(H,18,22). The Morgan fingerprint density at radius 3 is 2.69 bits per heavy atom. The summed E-state index contributed by atoms with van der Waals surface area (Å²) in [6, 6.07) is 4.05. The molecule has 0 radical (unpaired) electrons. The molecule has 1 atom stereocenters. The minimum atomic E-state index is -0.960. The lowest BCUT2D eigenvalue weighted by Gasteiger charge is -2.32. The predicted octanol–water partition coefficient (Wildman–Crippen LogP) is 2.62. The van der Waals surface area contributed by atoms with Gasteiger partial charge < -0.3 is 19.7 Å². The van der Waals surface area contributed by atoms with Crippen LogP contribution in [-0.4, -0.2) is 41.7 Å². The number of carbonyl (C=O) groups is 2. The Labute approximate surface area is 151 Å². The van der Waals surface area contributed by atoms with Crippen molar-refractivity contribution in [3.05, 3.63) is 28.3 Å². The van der Waals surface area contributed by atoms with Crippen molar-refractivity contribution in [2.24, 2.45) is 0 Å². The number of hydrogen-bond donors (Lipinski definition) is 1. The van der Waals surface area contributed by atoms with Gasteiger partial charge in [0.2, 0.25) is 0 Å². The lowest BCUT2D eigenvalue weighted by molar-refractivity contribution is -0.384. The zero-order valence-corrected chi connectivity index (χ0v) is 15.3. The summed E-state index contributed by atoms with van der Waals surface area (Å²) in [7, 11) is 0.